The number of ether oxygens (including phenoxy) is 1. The summed E-state index contributed by atoms with van der Waals surface area (Å²) in [6.07, 6.45) is 1.43. The summed E-state index contributed by atoms with van der Waals surface area (Å²) in [6.45, 7) is 0.254. The maximum Gasteiger partial charge on any atom is 0.339 e. The minimum atomic E-state index is -0.477. The first kappa shape index (κ1) is 17.3. The van der Waals surface area contributed by atoms with E-state index in [0.717, 1.165) is 0 Å². The molecule has 3 rings (SSSR count). The highest BCUT2D eigenvalue weighted by atomic mass is 19.1. The first-order valence-electron chi connectivity index (χ1n) is 7.78. The predicted molar refractivity (Wildman–Crippen MR) is 94.6 cm³/mol. The molecule has 3 aromatic rings. The van der Waals surface area contributed by atoms with E-state index < -0.39 is 5.97 Å². The molecular weight excluding hydrogens is 337 g/mol. The largest absolute Gasteiger partial charge is 0.465 e. The fourth-order valence-corrected chi connectivity index (χ4v) is 2.27. The highest BCUT2D eigenvalue weighted by Crippen LogP contribution is 2.20. The predicted octanol–water partition coefficient (Wildman–Crippen LogP) is 3.15. The molecule has 132 valence electrons. The van der Waals surface area contributed by atoms with Crippen LogP contribution in [0.1, 0.15) is 15.9 Å². The van der Waals surface area contributed by atoms with E-state index in [-0.39, 0.29) is 18.3 Å². The fourth-order valence-electron chi connectivity index (χ4n) is 2.27. The molecule has 2 N–H and O–H groups in total. The van der Waals surface area contributed by atoms with Crippen LogP contribution in [0.2, 0.25) is 0 Å². The van der Waals surface area contributed by atoms with Crippen LogP contribution in [0.4, 0.5) is 21.8 Å². The lowest BCUT2D eigenvalue weighted by molar-refractivity contribution is 0.0602. The van der Waals surface area contributed by atoms with Crippen molar-refractivity contribution in [2.24, 2.45) is 0 Å². The minimum absolute atomic E-state index is 0.194. The number of rotatable bonds is 6. The number of methoxy groups -OCH3 is 1. The number of halogens is 1. The topological polar surface area (TPSA) is 89.0 Å². The van der Waals surface area contributed by atoms with Gasteiger partial charge in [0.2, 0.25) is 5.95 Å². The van der Waals surface area contributed by atoms with Crippen LogP contribution in [0.25, 0.3) is 0 Å². The van der Waals surface area contributed by atoms with Crippen LogP contribution in [-0.4, -0.2) is 28.3 Å². The van der Waals surface area contributed by atoms with Crippen LogP contribution in [-0.2, 0) is 11.3 Å². The Balaban J connectivity index is 1.74. The van der Waals surface area contributed by atoms with E-state index in [1.807, 2.05) is 0 Å². The molecule has 7 nitrogen and oxygen atoms in total. The second-order valence-electron chi connectivity index (χ2n) is 5.27. The number of benzene rings is 2. The molecule has 0 atom stereocenters. The Morgan fingerprint density at radius 1 is 1.15 bits per heavy atom. The van der Waals surface area contributed by atoms with Crippen molar-refractivity contribution >= 4 is 23.4 Å². The van der Waals surface area contributed by atoms with Crippen LogP contribution >= 0.6 is 0 Å². The number of nitrogens with one attached hydrogen (secondary N) is 2. The number of nitrogens with zero attached hydrogens (tertiary/aromatic N) is 3. The number of carbonyl (C=O) groups is 1. The average molecular weight is 353 g/mol. The standard InChI is InChI=1S/C18H16FN5O2/c1-26-17(25)13-7-3-5-9-15(13)22-18-23-16(11-21-24-18)20-10-12-6-2-4-8-14(12)19/h2-9,11H,10H2,1H3,(H2,20,22,23,24). The van der Waals surface area contributed by atoms with Crippen molar-refractivity contribution in [3.63, 3.8) is 0 Å². The zero-order chi connectivity index (χ0) is 18.4. The molecule has 0 fully saturated rings. The summed E-state index contributed by atoms with van der Waals surface area (Å²) in [5, 5.41) is 13.7. The summed E-state index contributed by atoms with van der Waals surface area (Å²) < 4.78 is 18.4. The monoisotopic (exact) mass is 353 g/mol. The van der Waals surface area contributed by atoms with E-state index in [2.05, 4.69) is 25.8 Å². The normalized spacial score (nSPS) is 10.2. The quantitative estimate of drug-likeness (QED) is 0.658. The number of hydrogen-bond donors (Lipinski definition) is 2. The molecule has 26 heavy (non-hydrogen) atoms. The number of hydrogen-bond acceptors (Lipinski definition) is 7. The minimum Gasteiger partial charge on any atom is -0.465 e. The van der Waals surface area contributed by atoms with Gasteiger partial charge in [0.05, 0.1) is 24.6 Å². The van der Waals surface area contributed by atoms with Crippen LogP contribution in [0.3, 0.4) is 0 Å². The molecule has 0 saturated heterocycles. The van der Waals surface area contributed by atoms with E-state index in [4.69, 9.17) is 4.74 Å². The number of aromatic nitrogens is 3. The Kier molecular flexibility index (Phi) is 5.33. The van der Waals surface area contributed by atoms with Crippen LogP contribution < -0.4 is 10.6 Å². The zero-order valence-corrected chi connectivity index (χ0v) is 13.9. The van der Waals surface area contributed by atoms with Gasteiger partial charge in [-0.1, -0.05) is 30.3 Å². The third kappa shape index (κ3) is 4.10. The maximum atomic E-state index is 13.7. The molecule has 0 unspecified atom stereocenters. The molecule has 8 heteroatoms. The molecule has 1 heterocycles. The van der Waals surface area contributed by atoms with Crippen molar-refractivity contribution in [3.05, 3.63) is 71.7 Å². The summed E-state index contributed by atoms with van der Waals surface area (Å²) in [7, 11) is 1.31. The molecule has 0 spiro atoms. The second kappa shape index (κ2) is 8.02. The van der Waals surface area contributed by atoms with Gasteiger partial charge >= 0.3 is 5.97 Å². The smallest absolute Gasteiger partial charge is 0.339 e. The second-order valence-corrected chi connectivity index (χ2v) is 5.27. The Hall–Kier alpha value is -3.55. The van der Waals surface area contributed by atoms with Gasteiger partial charge in [0.1, 0.15) is 5.82 Å². The lowest BCUT2D eigenvalue weighted by atomic mass is 10.2. The molecule has 2 aromatic carbocycles. The van der Waals surface area contributed by atoms with Crippen molar-refractivity contribution in [3.8, 4) is 0 Å². The van der Waals surface area contributed by atoms with Crippen molar-refractivity contribution in [2.75, 3.05) is 17.7 Å². The van der Waals surface area contributed by atoms with Gasteiger partial charge in [-0.05, 0) is 18.2 Å². The Bertz CT molecular complexity index is 919. The van der Waals surface area contributed by atoms with E-state index >= 15 is 0 Å². The van der Waals surface area contributed by atoms with Crippen LogP contribution in [0, 0.1) is 5.82 Å². The third-order valence-corrected chi connectivity index (χ3v) is 3.56. The third-order valence-electron chi connectivity index (χ3n) is 3.56. The average Bonchev–Trinajstić information content (AvgIpc) is 2.67. The van der Waals surface area contributed by atoms with Crippen molar-refractivity contribution in [1.82, 2.24) is 15.2 Å². The first-order chi connectivity index (χ1) is 12.7. The van der Waals surface area contributed by atoms with Crippen molar-refractivity contribution in [2.45, 2.75) is 6.54 Å². The summed E-state index contributed by atoms with van der Waals surface area (Å²) in [4.78, 5) is 16.1. The first-order valence-corrected chi connectivity index (χ1v) is 7.78. The molecule has 0 aliphatic carbocycles. The molecule has 0 aliphatic rings. The van der Waals surface area contributed by atoms with Gasteiger partial charge < -0.3 is 15.4 Å². The van der Waals surface area contributed by atoms with Crippen molar-refractivity contribution < 1.29 is 13.9 Å². The van der Waals surface area contributed by atoms with Crippen molar-refractivity contribution in [1.29, 1.82) is 0 Å². The molecule has 0 radical (unpaired) electrons. The van der Waals surface area contributed by atoms with Gasteiger partial charge in [-0.3, -0.25) is 0 Å². The lowest BCUT2D eigenvalue weighted by Gasteiger charge is -2.10. The molecule has 0 saturated carbocycles. The molecule has 0 bridgehead atoms. The molecular formula is C18H16FN5O2. The molecule has 1 aromatic heterocycles. The number of carbonyl (C=O) groups excluding carboxylic acids is 1. The zero-order valence-electron chi connectivity index (χ0n) is 13.9. The fraction of sp³-hybridized carbons (Fsp3) is 0.111. The maximum absolute atomic E-state index is 13.7. The van der Waals surface area contributed by atoms with Gasteiger partial charge in [0.25, 0.3) is 0 Å². The van der Waals surface area contributed by atoms with E-state index in [1.54, 1.807) is 42.5 Å². The van der Waals surface area contributed by atoms with Crippen LogP contribution in [0.5, 0.6) is 0 Å². The van der Waals surface area contributed by atoms with Gasteiger partial charge in [-0.25, -0.2) is 9.18 Å². The summed E-state index contributed by atoms with van der Waals surface area (Å²) in [5.74, 6) is -0.163. The van der Waals surface area contributed by atoms with E-state index in [9.17, 15) is 9.18 Å². The highest BCUT2D eigenvalue weighted by Gasteiger charge is 2.12. The number of esters is 1. The number of para-hydroxylation sites is 1. The summed E-state index contributed by atoms with van der Waals surface area (Å²) in [6, 6.07) is 13.3. The Morgan fingerprint density at radius 2 is 1.92 bits per heavy atom. The lowest BCUT2D eigenvalue weighted by Crippen LogP contribution is -2.09. The highest BCUT2D eigenvalue weighted by molar-refractivity contribution is 5.96. The van der Waals surface area contributed by atoms with Gasteiger partial charge in [0, 0.05) is 12.1 Å². The number of anilines is 3. The summed E-state index contributed by atoms with van der Waals surface area (Å²) in [5.41, 5.74) is 1.35. The Morgan fingerprint density at radius 3 is 2.73 bits per heavy atom. The van der Waals surface area contributed by atoms with Gasteiger partial charge in [-0.15, -0.1) is 5.10 Å². The molecule has 0 aliphatic heterocycles. The van der Waals surface area contributed by atoms with E-state index in [0.29, 0.717) is 22.6 Å². The van der Waals surface area contributed by atoms with Gasteiger partial charge in [0.15, 0.2) is 5.82 Å². The van der Waals surface area contributed by atoms with Gasteiger partial charge in [-0.2, -0.15) is 10.1 Å². The SMILES string of the molecule is COC(=O)c1ccccc1Nc1nncc(NCc2ccccc2F)n1. The van der Waals surface area contributed by atoms with Crippen LogP contribution in [0.15, 0.2) is 54.7 Å². The Labute approximate surface area is 149 Å². The summed E-state index contributed by atoms with van der Waals surface area (Å²) >= 11 is 0. The molecule has 0 amide bonds. The van der Waals surface area contributed by atoms with E-state index in [1.165, 1.54) is 19.4 Å².